The molecule has 0 saturated heterocycles. The van der Waals surface area contributed by atoms with E-state index in [4.69, 9.17) is 0 Å². The fraction of sp³-hybridized carbons (Fsp3) is 0.857. The Morgan fingerprint density at radius 1 is 1.40 bits per heavy atom. The topological polar surface area (TPSA) is 20.2 Å². The summed E-state index contributed by atoms with van der Waals surface area (Å²) in [6.45, 7) is 7.02. The average molecular weight is 208 g/mol. The molecular weight excluding hydrogens is 184 g/mol. The summed E-state index contributed by atoms with van der Waals surface area (Å²) in [6, 6.07) is 0. The third-order valence-electron chi connectivity index (χ3n) is 4.88. The van der Waals surface area contributed by atoms with Crippen molar-refractivity contribution in [1.29, 1.82) is 0 Å². The van der Waals surface area contributed by atoms with Crippen molar-refractivity contribution in [2.75, 3.05) is 0 Å². The van der Waals surface area contributed by atoms with Crippen LogP contribution in [0.4, 0.5) is 0 Å². The van der Waals surface area contributed by atoms with E-state index in [9.17, 15) is 5.11 Å². The van der Waals surface area contributed by atoms with E-state index in [0.717, 1.165) is 24.7 Å². The van der Waals surface area contributed by atoms with Crippen molar-refractivity contribution in [3.05, 3.63) is 11.6 Å². The first-order valence-corrected chi connectivity index (χ1v) is 6.35. The van der Waals surface area contributed by atoms with Crippen LogP contribution < -0.4 is 0 Å². The van der Waals surface area contributed by atoms with E-state index in [1.165, 1.54) is 19.3 Å². The minimum atomic E-state index is -0.00595. The summed E-state index contributed by atoms with van der Waals surface area (Å²) < 4.78 is 0. The molecule has 0 aliphatic heterocycles. The molecule has 1 N–H and O–H groups in total. The minimum Gasteiger partial charge on any atom is -0.393 e. The van der Waals surface area contributed by atoms with Crippen molar-refractivity contribution < 1.29 is 5.11 Å². The van der Waals surface area contributed by atoms with Crippen LogP contribution in [0.15, 0.2) is 11.6 Å². The number of rotatable bonds is 2. The molecule has 0 bridgehead atoms. The monoisotopic (exact) mass is 208 g/mol. The van der Waals surface area contributed by atoms with Gasteiger partial charge in [-0.05, 0) is 56.3 Å². The summed E-state index contributed by atoms with van der Waals surface area (Å²) in [5.41, 5.74) is 1.96. The molecule has 1 nitrogen and oxygen atoms in total. The molecule has 86 valence electrons. The molecule has 1 fully saturated rings. The first kappa shape index (κ1) is 11.2. The standard InChI is InChI=1S/C14H24O/c1-10-4-6-12(14(10,2)3)8-11-5-7-13(15)9-11/h4,11-13,15H,5-9H2,1-3H3. The van der Waals surface area contributed by atoms with E-state index in [0.29, 0.717) is 5.41 Å². The van der Waals surface area contributed by atoms with Crippen LogP contribution in [0, 0.1) is 17.3 Å². The zero-order chi connectivity index (χ0) is 11.1. The van der Waals surface area contributed by atoms with Gasteiger partial charge in [-0.15, -0.1) is 0 Å². The first-order chi connectivity index (χ1) is 7.00. The second-order valence-electron chi connectivity index (χ2n) is 6.11. The van der Waals surface area contributed by atoms with Gasteiger partial charge in [-0.25, -0.2) is 0 Å². The van der Waals surface area contributed by atoms with Crippen molar-refractivity contribution in [1.82, 2.24) is 0 Å². The van der Waals surface area contributed by atoms with Gasteiger partial charge in [-0.2, -0.15) is 0 Å². The molecule has 1 saturated carbocycles. The van der Waals surface area contributed by atoms with Crippen LogP contribution in [0.5, 0.6) is 0 Å². The van der Waals surface area contributed by atoms with Crippen LogP contribution in [-0.2, 0) is 0 Å². The Kier molecular flexibility index (Phi) is 2.94. The summed E-state index contributed by atoms with van der Waals surface area (Å²) in [5, 5.41) is 9.54. The van der Waals surface area contributed by atoms with Gasteiger partial charge < -0.3 is 5.11 Å². The van der Waals surface area contributed by atoms with Crippen LogP contribution in [0.25, 0.3) is 0 Å². The maximum absolute atomic E-state index is 9.54. The van der Waals surface area contributed by atoms with Crippen molar-refractivity contribution in [2.45, 2.75) is 59.0 Å². The summed E-state index contributed by atoms with van der Waals surface area (Å²) in [5.74, 6) is 1.59. The summed E-state index contributed by atoms with van der Waals surface area (Å²) in [7, 11) is 0. The third kappa shape index (κ3) is 2.13. The summed E-state index contributed by atoms with van der Waals surface area (Å²) in [6.07, 6.45) is 8.30. The molecule has 0 heterocycles. The SMILES string of the molecule is CC1=CCC(CC2CCC(O)C2)C1(C)C. The Morgan fingerprint density at radius 2 is 2.13 bits per heavy atom. The Hall–Kier alpha value is -0.300. The second-order valence-corrected chi connectivity index (χ2v) is 6.11. The fourth-order valence-electron chi connectivity index (χ4n) is 3.25. The Balaban J connectivity index is 1.92. The predicted octanol–water partition coefficient (Wildman–Crippen LogP) is 3.53. The Morgan fingerprint density at radius 3 is 2.60 bits per heavy atom. The number of hydrogen-bond donors (Lipinski definition) is 1. The molecule has 0 amide bonds. The smallest absolute Gasteiger partial charge is 0.0543 e. The van der Waals surface area contributed by atoms with Crippen molar-refractivity contribution in [3.8, 4) is 0 Å². The van der Waals surface area contributed by atoms with Gasteiger partial charge in [0, 0.05) is 0 Å². The first-order valence-electron chi connectivity index (χ1n) is 6.35. The lowest BCUT2D eigenvalue weighted by Crippen LogP contribution is -2.22. The number of aliphatic hydroxyl groups excluding tert-OH is 1. The van der Waals surface area contributed by atoms with E-state index in [-0.39, 0.29) is 6.10 Å². The maximum atomic E-state index is 9.54. The lowest BCUT2D eigenvalue weighted by Gasteiger charge is -2.31. The Bertz CT molecular complexity index is 265. The van der Waals surface area contributed by atoms with Gasteiger partial charge in [0.15, 0.2) is 0 Å². The molecular formula is C14H24O. The fourth-order valence-corrected chi connectivity index (χ4v) is 3.25. The van der Waals surface area contributed by atoms with Gasteiger partial charge >= 0.3 is 0 Å². The highest BCUT2D eigenvalue weighted by Gasteiger charge is 2.37. The van der Waals surface area contributed by atoms with Crippen LogP contribution >= 0.6 is 0 Å². The molecule has 2 aliphatic rings. The Labute approximate surface area is 93.6 Å². The van der Waals surface area contributed by atoms with Gasteiger partial charge in [0.25, 0.3) is 0 Å². The largest absolute Gasteiger partial charge is 0.393 e. The molecule has 3 atom stereocenters. The zero-order valence-corrected chi connectivity index (χ0v) is 10.3. The van der Waals surface area contributed by atoms with E-state index in [1.807, 2.05) is 0 Å². The molecule has 2 aliphatic carbocycles. The van der Waals surface area contributed by atoms with Crippen molar-refractivity contribution >= 4 is 0 Å². The van der Waals surface area contributed by atoms with Crippen LogP contribution in [0.1, 0.15) is 52.9 Å². The van der Waals surface area contributed by atoms with Crippen LogP contribution in [0.3, 0.4) is 0 Å². The van der Waals surface area contributed by atoms with Crippen LogP contribution in [0.2, 0.25) is 0 Å². The van der Waals surface area contributed by atoms with Gasteiger partial charge in [0.2, 0.25) is 0 Å². The van der Waals surface area contributed by atoms with Crippen molar-refractivity contribution in [3.63, 3.8) is 0 Å². The number of hydrogen-bond acceptors (Lipinski definition) is 1. The molecule has 0 aromatic carbocycles. The van der Waals surface area contributed by atoms with Crippen molar-refractivity contribution in [2.24, 2.45) is 17.3 Å². The lowest BCUT2D eigenvalue weighted by atomic mass is 9.73. The summed E-state index contributed by atoms with van der Waals surface area (Å²) >= 11 is 0. The van der Waals surface area contributed by atoms with Gasteiger partial charge in [0.1, 0.15) is 0 Å². The van der Waals surface area contributed by atoms with E-state index < -0.39 is 0 Å². The molecule has 0 spiro atoms. The molecule has 0 aromatic heterocycles. The molecule has 15 heavy (non-hydrogen) atoms. The number of allylic oxidation sites excluding steroid dienone is 2. The second kappa shape index (κ2) is 3.93. The molecule has 3 unspecified atom stereocenters. The highest BCUT2D eigenvalue weighted by molar-refractivity contribution is 5.18. The van der Waals surface area contributed by atoms with E-state index in [2.05, 4.69) is 26.8 Å². The normalized spacial score (nSPS) is 39.5. The minimum absolute atomic E-state index is 0.00595. The molecule has 2 rings (SSSR count). The highest BCUT2D eigenvalue weighted by atomic mass is 16.3. The molecule has 1 heteroatoms. The average Bonchev–Trinajstić information content (AvgIpc) is 2.66. The zero-order valence-electron chi connectivity index (χ0n) is 10.3. The van der Waals surface area contributed by atoms with Gasteiger partial charge in [-0.3, -0.25) is 0 Å². The molecule has 0 aromatic rings. The summed E-state index contributed by atoms with van der Waals surface area (Å²) in [4.78, 5) is 0. The number of aliphatic hydroxyl groups is 1. The van der Waals surface area contributed by atoms with Gasteiger partial charge in [0.05, 0.1) is 6.10 Å². The maximum Gasteiger partial charge on any atom is 0.0543 e. The van der Waals surface area contributed by atoms with Crippen LogP contribution in [-0.4, -0.2) is 11.2 Å². The van der Waals surface area contributed by atoms with E-state index in [1.54, 1.807) is 5.57 Å². The predicted molar refractivity (Wildman–Crippen MR) is 63.6 cm³/mol. The van der Waals surface area contributed by atoms with Gasteiger partial charge in [-0.1, -0.05) is 25.5 Å². The highest BCUT2D eigenvalue weighted by Crippen LogP contribution is 2.47. The third-order valence-corrected chi connectivity index (χ3v) is 4.88. The lowest BCUT2D eigenvalue weighted by molar-refractivity contribution is 0.169. The quantitative estimate of drug-likeness (QED) is 0.688. The van der Waals surface area contributed by atoms with E-state index >= 15 is 0 Å². The molecule has 0 radical (unpaired) electrons.